The van der Waals surface area contributed by atoms with Crippen LogP contribution in [0.25, 0.3) is 0 Å². The summed E-state index contributed by atoms with van der Waals surface area (Å²) in [6, 6.07) is 0. The number of rotatable bonds is 70. The Morgan fingerprint density at radius 1 is 0.244 bits per heavy atom. The molecular weight excluding hydrogens is 1010 g/mol. The summed E-state index contributed by atoms with van der Waals surface area (Å²) < 4.78 is 17.0. The third-order valence-corrected chi connectivity index (χ3v) is 17.2. The molecule has 0 aromatic heterocycles. The Kier molecular flexibility index (Phi) is 69.5. The standard InChI is InChI=1S/C76H144O6/c1-4-7-10-13-16-19-22-25-28-30-31-32-33-34-35-36-37-38-39-40-41-42-43-44-45-47-48-51-54-57-60-63-66-69-75(78)81-72-73(71-80-74(77)68-65-62-59-56-53-50-27-24-21-18-15-12-9-6-3)82-76(79)70-67-64-61-58-55-52-49-46-29-26-23-20-17-14-11-8-5-2/h22,25,30-31,73H,4-21,23-24,26-29,32-72H2,1-3H3/b25-22-,31-30-. The molecule has 0 aliphatic carbocycles. The molecule has 0 aromatic rings. The molecule has 0 radical (unpaired) electrons. The zero-order valence-corrected chi connectivity index (χ0v) is 55.8. The van der Waals surface area contributed by atoms with Crippen LogP contribution in [-0.2, 0) is 28.6 Å². The zero-order chi connectivity index (χ0) is 59.2. The lowest BCUT2D eigenvalue weighted by atomic mass is 10.0. The predicted octanol–water partition coefficient (Wildman–Crippen LogP) is 25.7. The molecule has 1 unspecified atom stereocenters. The van der Waals surface area contributed by atoms with Crippen LogP contribution in [0.3, 0.4) is 0 Å². The molecule has 1 atom stereocenters. The maximum atomic E-state index is 12.9. The van der Waals surface area contributed by atoms with Gasteiger partial charge < -0.3 is 14.2 Å². The minimum absolute atomic E-state index is 0.0624. The number of carbonyl (C=O) groups excluding carboxylic acids is 3. The number of esters is 3. The largest absolute Gasteiger partial charge is 0.462 e. The first kappa shape index (κ1) is 79.9. The summed E-state index contributed by atoms with van der Waals surface area (Å²) in [6.45, 7) is 6.72. The molecule has 0 aromatic carbocycles. The minimum Gasteiger partial charge on any atom is -0.462 e. The van der Waals surface area contributed by atoms with Crippen molar-refractivity contribution in [1.82, 2.24) is 0 Å². The van der Waals surface area contributed by atoms with E-state index in [-0.39, 0.29) is 31.1 Å². The van der Waals surface area contributed by atoms with E-state index < -0.39 is 6.10 Å². The summed E-state index contributed by atoms with van der Waals surface area (Å²) in [5, 5.41) is 0. The van der Waals surface area contributed by atoms with Crippen molar-refractivity contribution >= 4 is 17.9 Å². The van der Waals surface area contributed by atoms with Gasteiger partial charge in [-0.15, -0.1) is 0 Å². The maximum Gasteiger partial charge on any atom is 0.306 e. The summed E-state index contributed by atoms with van der Waals surface area (Å²) in [6.07, 6.45) is 88.0. The number of unbranched alkanes of at least 4 members (excludes halogenated alkanes) is 55. The normalized spacial score (nSPS) is 12.1. The monoisotopic (exact) mass is 1150 g/mol. The highest BCUT2D eigenvalue weighted by molar-refractivity contribution is 5.71. The molecule has 6 heteroatoms. The fourth-order valence-electron chi connectivity index (χ4n) is 11.6. The van der Waals surface area contributed by atoms with Crippen molar-refractivity contribution in [1.29, 1.82) is 0 Å². The van der Waals surface area contributed by atoms with Crippen LogP contribution in [0.5, 0.6) is 0 Å². The van der Waals surface area contributed by atoms with E-state index in [1.165, 1.54) is 321 Å². The summed E-state index contributed by atoms with van der Waals surface area (Å²) >= 11 is 0. The molecule has 0 aliphatic rings. The lowest BCUT2D eigenvalue weighted by molar-refractivity contribution is -0.167. The van der Waals surface area contributed by atoms with Gasteiger partial charge in [0.05, 0.1) is 0 Å². The Balaban J connectivity index is 4.10. The van der Waals surface area contributed by atoms with E-state index >= 15 is 0 Å². The molecular formula is C76H144O6. The molecule has 0 spiro atoms. The van der Waals surface area contributed by atoms with E-state index in [4.69, 9.17) is 14.2 Å². The molecule has 0 amide bonds. The van der Waals surface area contributed by atoms with Crippen molar-refractivity contribution in [2.45, 2.75) is 431 Å². The predicted molar refractivity (Wildman–Crippen MR) is 358 cm³/mol. The molecule has 0 bridgehead atoms. The Morgan fingerprint density at radius 3 is 0.671 bits per heavy atom. The molecule has 0 N–H and O–H groups in total. The van der Waals surface area contributed by atoms with E-state index in [0.717, 1.165) is 64.2 Å². The van der Waals surface area contributed by atoms with Crippen LogP contribution >= 0.6 is 0 Å². The zero-order valence-electron chi connectivity index (χ0n) is 55.8. The van der Waals surface area contributed by atoms with Gasteiger partial charge >= 0.3 is 17.9 Å². The van der Waals surface area contributed by atoms with Gasteiger partial charge in [0.25, 0.3) is 0 Å². The number of hydrogen-bond acceptors (Lipinski definition) is 6. The van der Waals surface area contributed by atoms with Gasteiger partial charge in [-0.2, -0.15) is 0 Å². The van der Waals surface area contributed by atoms with Gasteiger partial charge in [-0.1, -0.05) is 379 Å². The van der Waals surface area contributed by atoms with Crippen LogP contribution in [-0.4, -0.2) is 37.2 Å². The summed E-state index contributed by atoms with van der Waals surface area (Å²) in [5.41, 5.74) is 0. The Hall–Kier alpha value is -2.11. The van der Waals surface area contributed by atoms with Crippen LogP contribution in [0, 0.1) is 0 Å². The molecule has 484 valence electrons. The second-order valence-electron chi connectivity index (χ2n) is 25.6. The van der Waals surface area contributed by atoms with Crippen LogP contribution < -0.4 is 0 Å². The van der Waals surface area contributed by atoms with E-state index in [1.807, 2.05) is 0 Å². The Labute approximate surface area is 513 Å². The second kappa shape index (κ2) is 71.4. The van der Waals surface area contributed by atoms with Crippen molar-refractivity contribution in [3.63, 3.8) is 0 Å². The van der Waals surface area contributed by atoms with Gasteiger partial charge in [-0.05, 0) is 51.4 Å². The van der Waals surface area contributed by atoms with Crippen LogP contribution in [0.4, 0.5) is 0 Å². The van der Waals surface area contributed by atoms with Gasteiger partial charge in [0.2, 0.25) is 0 Å². The van der Waals surface area contributed by atoms with Crippen molar-refractivity contribution in [3.8, 4) is 0 Å². The first-order valence-corrected chi connectivity index (χ1v) is 37.3. The quantitative estimate of drug-likeness (QED) is 0.0261. The Bertz CT molecular complexity index is 1320. The van der Waals surface area contributed by atoms with Gasteiger partial charge in [-0.25, -0.2) is 0 Å². The number of hydrogen-bond donors (Lipinski definition) is 0. The molecule has 0 rings (SSSR count). The van der Waals surface area contributed by atoms with E-state index in [1.54, 1.807) is 0 Å². The number of ether oxygens (including phenoxy) is 3. The second-order valence-corrected chi connectivity index (χ2v) is 25.6. The van der Waals surface area contributed by atoms with Crippen LogP contribution in [0.1, 0.15) is 425 Å². The van der Waals surface area contributed by atoms with Gasteiger partial charge in [-0.3, -0.25) is 14.4 Å². The third kappa shape index (κ3) is 68.7. The lowest BCUT2D eigenvalue weighted by Crippen LogP contribution is -2.30. The van der Waals surface area contributed by atoms with Gasteiger partial charge in [0.15, 0.2) is 6.10 Å². The fourth-order valence-corrected chi connectivity index (χ4v) is 11.6. The lowest BCUT2D eigenvalue weighted by Gasteiger charge is -2.18. The molecule has 0 saturated carbocycles. The molecule has 0 fully saturated rings. The molecule has 0 aliphatic heterocycles. The number of carbonyl (C=O) groups is 3. The SMILES string of the molecule is CCCCCCC/C=C\C/C=C\CCCCCCCCCCCCCCCCCCCCCCCC(=O)OCC(COC(=O)CCCCCCCCCCCCCCCC)OC(=O)CCCCCCCCCCCCCCCCCCC. The smallest absolute Gasteiger partial charge is 0.306 e. The summed E-state index contributed by atoms with van der Waals surface area (Å²) in [4.78, 5) is 38.4. The van der Waals surface area contributed by atoms with Crippen molar-refractivity contribution in [3.05, 3.63) is 24.3 Å². The first-order valence-electron chi connectivity index (χ1n) is 37.3. The van der Waals surface area contributed by atoms with Gasteiger partial charge in [0.1, 0.15) is 13.2 Å². The number of allylic oxidation sites excluding steroid dienone is 4. The highest BCUT2D eigenvalue weighted by Gasteiger charge is 2.20. The molecule has 0 saturated heterocycles. The van der Waals surface area contributed by atoms with Crippen molar-refractivity contribution in [2.24, 2.45) is 0 Å². The average molecular weight is 1150 g/mol. The van der Waals surface area contributed by atoms with Crippen LogP contribution in [0.15, 0.2) is 24.3 Å². The highest BCUT2D eigenvalue weighted by Crippen LogP contribution is 2.19. The first-order chi connectivity index (χ1) is 40.5. The van der Waals surface area contributed by atoms with Crippen LogP contribution in [0.2, 0.25) is 0 Å². The van der Waals surface area contributed by atoms with Crippen molar-refractivity contribution < 1.29 is 28.6 Å². The Morgan fingerprint density at radius 2 is 0.439 bits per heavy atom. The fraction of sp³-hybridized carbons (Fsp3) is 0.908. The summed E-state index contributed by atoms with van der Waals surface area (Å²) in [7, 11) is 0. The average Bonchev–Trinajstić information content (AvgIpc) is 3.47. The topological polar surface area (TPSA) is 78.9 Å². The molecule has 82 heavy (non-hydrogen) atoms. The van der Waals surface area contributed by atoms with Gasteiger partial charge in [0, 0.05) is 19.3 Å². The minimum atomic E-state index is -0.766. The molecule has 6 nitrogen and oxygen atoms in total. The highest BCUT2D eigenvalue weighted by atomic mass is 16.6. The van der Waals surface area contributed by atoms with E-state index in [0.29, 0.717) is 19.3 Å². The maximum absolute atomic E-state index is 12.9. The third-order valence-electron chi connectivity index (χ3n) is 17.2. The summed E-state index contributed by atoms with van der Waals surface area (Å²) in [5.74, 6) is -0.825. The van der Waals surface area contributed by atoms with E-state index in [2.05, 4.69) is 45.1 Å². The van der Waals surface area contributed by atoms with Crippen molar-refractivity contribution in [2.75, 3.05) is 13.2 Å². The van der Waals surface area contributed by atoms with E-state index in [9.17, 15) is 14.4 Å². The molecule has 0 heterocycles.